The molecule has 6 nitrogen and oxygen atoms in total. The van der Waals surface area contributed by atoms with Gasteiger partial charge in [-0.15, -0.1) is 0 Å². The monoisotopic (exact) mass is 459 g/mol. The fraction of sp³-hybridized carbons (Fsp3) is 0.440. The average molecular weight is 460 g/mol. The van der Waals surface area contributed by atoms with Crippen LogP contribution in [0.3, 0.4) is 0 Å². The quantitative estimate of drug-likeness (QED) is 0.659. The molecule has 2 amide bonds. The molecule has 178 valence electrons. The SMILES string of the molecule is COc1ccc(CCN2CCN(C(=O)C(NC(=O)c3c(F)cccc3F)C(C)C)CC2)cc1. The highest BCUT2D eigenvalue weighted by molar-refractivity contribution is 5.98. The van der Waals surface area contributed by atoms with Crippen LogP contribution in [0.1, 0.15) is 29.8 Å². The molecular formula is C25H31F2N3O3. The van der Waals surface area contributed by atoms with Crippen LogP contribution in [-0.4, -0.2) is 67.5 Å². The van der Waals surface area contributed by atoms with Gasteiger partial charge in [-0.1, -0.05) is 32.0 Å². The minimum absolute atomic E-state index is 0.232. The summed E-state index contributed by atoms with van der Waals surface area (Å²) in [6.45, 7) is 7.00. The zero-order chi connectivity index (χ0) is 24.0. The van der Waals surface area contributed by atoms with Crippen LogP contribution >= 0.6 is 0 Å². The van der Waals surface area contributed by atoms with Crippen LogP contribution in [-0.2, 0) is 11.2 Å². The normalized spacial score (nSPS) is 15.4. The lowest BCUT2D eigenvalue weighted by Gasteiger charge is -2.37. The van der Waals surface area contributed by atoms with Gasteiger partial charge < -0.3 is 15.0 Å². The summed E-state index contributed by atoms with van der Waals surface area (Å²) in [5.74, 6) is -2.46. The largest absolute Gasteiger partial charge is 0.497 e. The highest BCUT2D eigenvalue weighted by Crippen LogP contribution is 2.16. The van der Waals surface area contributed by atoms with Gasteiger partial charge in [-0.25, -0.2) is 8.78 Å². The Bertz CT molecular complexity index is 938. The Morgan fingerprint density at radius 1 is 1.00 bits per heavy atom. The van der Waals surface area contributed by atoms with E-state index in [1.54, 1.807) is 25.9 Å². The molecule has 0 aromatic heterocycles. The minimum atomic E-state index is -0.951. The summed E-state index contributed by atoms with van der Waals surface area (Å²) in [7, 11) is 1.64. The van der Waals surface area contributed by atoms with Crippen molar-refractivity contribution in [1.29, 1.82) is 0 Å². The summed E-state index contributed by atoms with van der Waals surface area (Å²) in [6, 6.07) is 10.4. The molecule has 1 heterocycles. The van der Waals surface area contributed by atoms with E-state index in [1.807, 2.05) is 24.3 Å². The first kappa shape index (κ1) is 24.6. The van der Waals surface area contributed by atoms with E-state index in [2.05, 4.69) is 10.2 Å². The number of nitrogens with one attached hydrogen (secondary N) is 1. The number of hydrogen-bond acceptors (Lipinski definition) is 4. The minimum Gasteiger partial charge on any atom is -0.497 e. The molecule has 3 rings (SSSR count). The number of piperazine rings is 1. The van der Waals surface area contributed by atoms with Crippen LogP contribution in [0.5, 0.6) is 5.75 Å². The molecule has 1 fully saturated rings. The predicted octanol–water partition coefficient (Wildman–Crippen LogP) is 3.11. The Labute approximate surface area is 193 Å². The summed E-state index contributed by atoms with van der Waals surface area (Å²) in [5, 5.41) is 2.54. The van der Waals surface area contributed by atoms with Crippen molar-refractivity contribution in [3.63, 3.8) is 0 Å². The highest BCUT2D eigenvalue weighted by atomic mass is 19.1. The van der Waals surface area contributed by atoms with Crippen LogP contribution in [0, 0.1) is 17.6 Å². The van der Waals surface area contributed by atoms with E-state index in [0.717, 1.165) is 43.9 Å². The number of amides is 2. The van der Waals surface area contributed by atoms with E-state index in [0.29, 0.717) is 13.1 Å². The van der Waals surface area contributed by atoms with Gasteiger partial charge in [0.05, 0.1) is 7.11 Å². The van der Waals surface area contributed by atoms with Gasteiger partial charge in [0, 0.05) is 32.7 Å². The molecule has 1 aliphatic rings. The van der Waals surface area contributed by atoms with Gasteiger partial charge in [0.25, 0.3) is 5.91 Å². The topological polar surface area (TPSA) is 61.9 Å². The molecule has 0 spiro atoms. The Morgan fingerprint density at radius 3 is 2.15 bits per heavy atom. The van der Waals surface area contributed by atoms with Crippen molar-refractivity contribution < 1.29 is 23.1 Å². The van der Waals surface area contributed by atoms with Crippen molar-refractivity contribution in [2.24, 2.45) is 5.92 Å². The first-order chi connectivity index (χ1) is 15.8. The van der Waals surface area contributed by atoms with Crippen LogP contribution in [0.2, 0.25) is 0 Å². The average Bonchev–Trinajstić information content (AvgIpc) is 2.81. The molecule has 1 atom stereocenters. The second-order valence-corrected chi connectivity index (χ2v) is 8.56. The summed E-state index contributed by atoms with van der Waals surface area (Å²) < 4.78 is 33.1. The van der Waals surface area contributed by atoms with Gasteiger partial charge in [-0.05, 0) is 42.2 Å². The third kappa shape index (κ3) is 6.28. The zero-order valence-electron chi connectivity index (χ0n) is 19.3. The van der Waals surface area contributed by atoms with Crippen molar-refractivity contribution in [2.45, 2.75) is 26.3 Å². The van der Waals surface area contributed by atoms with Gasteiger partial charge in [-0.2, -0.15) is 0 Å². The molecule has 33 heavy (non-hydrogen) atoms. The molecule has 0 bridgehead atoms. The van der Waals surface area contributed by atoms with Crippen LogP contribution in [0.15, 0.2) is 42.5 Å². The molecular weight excluding hydrogens is 428 g/mol. The first-order valence-corrected chi connectivity index (χ1v) is 11.2. The lowest BCUT2D eigenvalue weighted by molar-refractivity contribution is -0.136. The van der Waals surface area contributed by atoms with Gasteiger partial charge in [-0.3, -0.25) is 14.5 Å². The van der Waals surface area contributed by atoms with E-state index in [1.165, 1.54) is 11.6 Å². The van der Waals surface area contributed by atoms with Gasteiger partial charge in [0.1, 0.15) is 29.0 Å². The summed E-state index contributed by atoms with van der Waals surface area (Å²) in [6.07, 6.45) is 0.900. The number of benzene rings is 2. The van der Waals surface area contributed by atoms with E-state index < -0.39 is 29.1 Å². The van der Waals surface area contributed by atoms with Crippen LogP contribution in [0.25, 0.3) is 0 Å². The molecule has 2 aromatic rings. The van der Waals surface area contributed by atoms with Crippen LogP contribution in [0.4, 0.5) is 8.78 Å². The van der Waals surface area contributed by atoms with Crippen molar-refractivity contribution in [2.75, 3.05) is 39.8 Å². The molecule has 1 unspecified atom stereocenters. The van der Waals surface area contributed by atoms with Crippen molar-refractivity contribution in [3.05, 3.63) is 65.2 Å². The number of carbonyl (C=O) groups is 2. The van der Waals surface area contributed by atoms with E-state index >= 15 is 0 Å². The maximum atomic E-state index is 14.0. The number of ether oxygens (including phenoxy) is 1. The fourth-order valence-electron chi connectivity index (χ4n) is 3.91. The molecule has 0 radical (unpaired) electrons. The summed E-state index contributed by atoms with van der Waals surface area (Å²) in [4.78, 5) is 29.7. The lowest BCUT2D eigenvalue weighted by atomic mass is 10.0. The van der Waals surface area contributed by atoms with E-state index in [-0.39, 0.29) is 11.8 Å². The number of rotatable bonds is 8. The molecule has 0 aliphatic carbocycles. The summed E-state index contributed by atoms with van der Waals surface area (Å²) in [5.41, 5.74) is 0.552. The number of methoxy groups -OCH3 is 1. The fourth-order valence-corrected chi connectivity index (χ4v) is 3.91. The Kier molecular flexibility index (Phi) is 8.38. The van der Waals surface area contributed by atoms with Crippen molar-refractivity contribution >= 4 is 11.8 Å². The third-order valence-electron chi connectivity index (χ3n) is 5.97. The second-order valence-electron chi connectivity index (χ2n) is 8.56. The number of halogens is 2. The van der Waals surface area contributed by atoms with Crippen molar-refractivity contribution in [3.8, 4) is 5.75 Å². The Morgan fingerprint density at radius 2 is 1.61 bits per heavy atom. The van der Waals surface area contributed by atoms with E-state index in [4.69, 9.17) is 4.74 Å². The number of nitrogens with zero attached hydrogens (tertiary/aromatic N) is 2. The lowest BCUT2D eigenvalue weighted by Crippen LogP contribution is -2.56. The van der Waals surface area contributed by atoms with Crippen LogP contribution < -0.4 is 10.1 Å². The van der Waals surface area contributed by atoms with Gasteiger partial charge >= 0.3 is 0 Å². The third-order valence-corrected chi connectivity index (χ3v) is 5.97. The number of carbonyl (C=O) groups excluding carboxylic acids is 2. The molecule has 2 aromatic carbocycles. The maximum Gasteiger partial charge on any atom is 0.257 e. The Balaban J connectivity index is 1.54. The first-order valence-electron chi connectivity index (χ1n) is 11.2. The summed E-state index contributed by atoms with van der Waals surface area (Å²) >= 11 is 0. The van der Waals surface area contributed by atoms with Gasteiger partial charge in [0.2, 0.25) is 5.91 Å². The van der Waals surface area contributed by atoms with Crippen molar-refractivity contribution in [1.82, 2.24) is 15.1 Å². The maximum absolute atomic E-state index is 14.0. The molecule has 8 heteroatoms. The highest BCUT2D eigenvalue weighted by Gasteiger charge is 2.32. The van der Waals surface area contributed by atoms with Gasteiger partial charge in [0.15, 0.2) is 0 Å². The molecule has 1 aliphatic heterocycles. The Hall–Kier alpha value is -3.00. The molecule has 1 saturated heterocycles. The smallest absolute Gasteiger partial charge is 0.257 e. The second kappa shape index (κ2) is 11.2. The van der Waals surface area contributed by atoms with E-state index in [9.17, 15) is 18.4 Å². The predicted molar refractivity (Wildman–Crippen MR) is 122 cm³/mol. The molecule has 0 saturated carbocycles. The molecule has 1 N–H and O–H groups in total. The zero-order valence-corrected chi connectivity index (χ0v) is 19.3. The standard InChI is InChI=1S/C25H31F2N3O3/c1-17(2)23(28-24(31)22-20(26)5-4-6-21(22)27)25(32)30-15-13-29(14-16-30)12-11-18-7-9-19(33-3)10-8-18/h4-10,17,23H,11-16H2,1-3H3,(H,28,31). The number of hydrogen-bond donors (Lipinski definition) is 1.